The third-order valence-electron chi connectivity index (χ3n) is 2.59. The average molecular weight is 264 g/mol. The molecular formula is C13H13F5. The fraction of sp³-hybridized carbons (Fsp3) is 0.385. The van der Waals surface area contributed by atoms with E-state index in [2.05, 4.69) is 0 Å². The lowest BCUT2D eigenvalue weighted by Gasteiger charge is -2.15. The molecule has 1 rings (SSSR count). The molecule has 0 amide bonds. The summed E-state index contributed by atoms with van der Waals surface area (Å²) in [6, 6.07) is 0. The maximum Gasteiger partial charge on any atom is 0.200 e. The lowest BCUT2D eigenvalue weighted by molar-refractivity contribution is 0.366. The molecule has 0 radical (unpaired) electrons. The van der Waals surface area contributed by atoms with E-state index in [4.69, 9.17) is 0 Å². The van der Waals surface area contributed by atoms with Crippen molar-refractivity contribution in [2.75, 3.05) is 0 Å². The molecule has 0 aliphatic rings. The second-order valence-electron chi connectivity index (χ2n) is 4.24. The quantitative estimate of drug-likeness (QED) is 0.317. The van der Waals surface area contributed by atoms with E-state index in [0.29, 0.717) is 0 Å². The molecule has 1 unspecified atom stereocenters. The molecule has 0 spiro atoms. The predicted molar refractivity (Wildman–Crippen MR) is 58.7 cm³/mol. The second kappa shape index (κ2) is 5.50. The largest absolute Gasteiger partial charge is 0.203 e. The summed E-state index contributed by atoms with van der Waals surface area (Å²) in [5, 5.41) is 0. The van der Waals surface area contributed by atoms with Gasteiger partial charge in [0.15, 0.2) is 23.3 Å². The highest BCUT2D eigenvalue weighted by atomic mass is 19.2. The van der Waals surface area contributed by atoms with Crippen molar-refractivity contribution in [2.45, 2.75) is 33.1 Å². The van der Waals surface area contributed by atoms with Gasteiger partial charge < -0.3 is 0 Å². The number of allylic oxidation sites excluding steroid dienone is 2. The first-order valence-electron chi connectivity index (χ1n) is 5.47. The van der Waals surface area contributed by atoms with Crippen molar-refractivity contribution in [1.82, 2.24) is 0 Å². The molecule has 0 saturated heterocycles. The summed E-state index contributed by atoms with van der Waals surface area (Å²) in [6.45, 7) is 4.99. The molecule has 1 atom stereocenters. The Morgan fingerprint density at radius 3 is 1.61 bits per heavy atom. The fourth-order valence-electron chi connectivity index (χ4n) is 1.76. The maximum atomic E-state index is 13.5. The number of rotatable bonds is 3. The third-order valence-corrected chi connectivity index (χ3v) is 2.59. The van der Waals surface area contributed by atoms with Gasteiger partial charge in [-0.05, 0) is 20.3 Å². The van der Waals surface area contributed by atoms with Crippen LogP contribution in [0.1, 0.15) is 38.7 Å². The zero-order valence-corrected chi connectivity index (χ0v) is 10.3. The Balaban J connectivity index is 3.54. The van der Waals surface area contributed by atoms with Gasteiger partial charge in [-0.2, -0.15) is 0 Å². The Morgan fingerprint density at radius 1 is 0.889 bits per heavy atom. The summed E-state index contributed by atoms with van der Waals surface area (Å²) in [4.78, 5) is 0. The summed E-state index contributed by atoms with van der Waals surface area (Å²) in [6.07, 6.45) is 1.72. The molecule has 0 bridgehead atoms. The minimum Gasteiger partial charge on any atom is -0.203 e. The number of hydrogen-bond acceptors (Lipinski definition) is 0. The van der Waals surface area contributed by atoms with Crippen LogP contribution in [-0.2, 0) is 0 Å². The first-order chi connectivity index (χ1) is 8.31. The van der Waals surface area contributed by atoms with Gasteiger partial charge >= 0.3 is 0 Å². The molecule has 1 aromatic carbocycles. The van der Waals surface area contributed by atoms with Crippen LogP contribution in [0.25, 0.3) is 0 Å². The number of halogens is 5. The molecule has 0 saturated carbocycles. The number of benzene rings is 1. The summed E-state index contributed by atoms with van der Waals surface area (Å²) in [5.41, 5.74) is -0.0270. The Kier molecular flexibility index (Phi) is 4.48. The first-order valence-corrected chi connectivity index (χ1v) is 5.47. The molecule has 5 heteroatoms. The standard InChI is InChI=1S/C13H13F5/c1-4-7(5-6(2)3)8-9(14)11(16)13(18)12(17)10(8)15/h5,7H,4H2,1-3H3. The second-order valence-corrected chi connectivity index (χ2v) is 4.24. The van der Waals surface area contributed by atoms with Crippen molar-refractivity contribution < 1.29 is 22.0 Å². The maximum absolute atomic E-state index is 13.5. The van der Waals surface area contributed by atoms with E-state index in [9.17, 15) is 22.0 Å². The normalized spacial score (nSPS) is 12.4. The van der Waals surface area contributed by atoms with Crippen LogP contribution in [0.5, 0.6) is 0 Å². The van der Waals surface area contributed by atoms with Crippen LogP contribution in [0.3, 0.4) is 0 Å². The van der Waals surface area contributed by atoms with Gasteiger partial charge in [-0.3, -0.25) is 0 Å². The summed E-state index contributed by atoms with van der Waals surface area (Å²) < 4.78 is 66.1. The van der Waals surface area contributed by atoms with Gasteiger partial charge in [0.2, 0.25) is 5.82 Å². The minimum absolute atomic E-state index is 0.240. The lowest BCUT2D eigenvalue weighted by atomic mass is 9.93. The van der Waals surface area contributed by atoms with E-state index in [1.807, 2.05) is 0 Å². The van der Waals surface area contributed by atoms with Gasteiger partial charge in [0.25, 0.3) is 0 Å². The summed E-state index contributed by atoms with van der Waals surface area (Å²) >= 11 is 0. The van der Waals surface area contributed by atoms with Crippen LogP contribution in [0, 0.1) is 29.1 Å². The Bertz CT molecular complexity index is 458. The molecule has 100 valence electrons. The number of hydrogen-bond donors (Lipinski definition) is 0. The highest BCUT2D eigenvalue weighted by Gasteiger charge is 2.28. The highest BCUT2D eigenvalue weighted by molar-refractivity contribution is 5.30. The third kappa shape index (κ3) is 2.54. The smallest absolute Gasteiger partial charge is 0.200 e. The van der Waals surface area contributed by atoms with E-state index in [-0.39, 0.29) is 6.42 Å². The van der Waals surface area contributed by atoms with E-state index in [1.165, 1.54) is 6.08 Å². The van der Waals surface area contributed by atoms with E-state index >= 15 is 0 Å². The van der Waals surface area contributed by atoms with E-state index in [1.54, 1.807) is 20.8 Å². The van der Waals surface area contributed by atoms with Gasteiger partial charge in [0, 0.05) is 11.5 Å². The molecule has 18 heavy (non-hydrogen) atoms. The van der Waals surface area contributed by atoms with Gasteiger partial charge in [-0.1, -0.05) is 18.6 Å². The predicted octanol–water partition coefficient (Wildman–Crippen LogP) is 4.84. The van der Waals surface area contributed by atoms with Crippen LogP contribution in [0.2, 0.25) is 0 Å². The first kappa shape index (κ1) is 14.7. The average Bonchev–Trinajstić information content (AvgIpc) is 2.32. The molecule has 1 aromatic rings. The van der Waals surface area contributed by atoms with Crippen LogP contribution < -0.4 is 0 Å². The van der Waals surface area contributed by atoms with Gasteiger partial charge in [0.1, 0.15) is 0 Å². The Hall–Kier alpha value is -1.39. The Labute approximate surface area is 102 Å². The van der Waals surface area contributed by atoms with Crippen LogP contribution in [-0.4, -0.2) is 0 Å². The molecule has 0 nitrogen and oxygen atoms in total. The fourth-order valence-corrected chi connectivity index (χ4v) is 1.76. The molecule has 0 aliphatic heterocycles. The van der Waals surface area contributed by atoms with Gasteiger partial charge in [0.05, 0.1) is 0 Å². The van der Waals surface area contributed by atoms with Crippen molar-refractivity contribution >= 4 is 0 Å². The van der Waals surface area contributed by atoms with E-state index < -0.39 is 40.6 Å². The highest BCUT2D eigenvalue weighted by Crippen LogP contribution is 2.32. The van der Waals surface area contributed by atoms with Crippen LogP contribution >= 0.6 is 0 Å². The summed E-state index contributed by atoms with van der Waals surface area (Å²) in [7, 11) is 0. The zero-order chi connectivity index (χ0) is 14.0. The van der Waals surface area contributed by atoms with E-state index in [0.717, 1.165) is 5.57 Å². The molecule has 0 fully saturated rings. The molecular weight excluding hydrogens is 251 g/mol. The minimum atomic E-state index is -2.12. The van der Waals surface area contributed by atoms with Crippen molar-refractivity contribution in [1.29, 1.82) is 0 Å². The van der Waals surface area contributed by atoms with Crippen molar-refractivity contribution in [3.05, 3.63) is 46.3 Å². The topological polar surface area (TPSA) is 0 Å². The van der Waals surface area contributed by atoms with Gasteiger partial charge in [-0.15, -0.1) is 0 Å². The molecule has 0 heterocycles. The molecule has 0 aliphatic carbocycles. The van der Waals surface area contributed by atoms with Crippen molar-refractivity contribution in [2.24, 2.45) is 0 Å². The van der Waals surface area contributed by atoms with Crippen LogP contribution in [0.15, 0.2) is 11.6 Å². The Morgan fingerprint density at radius 2 is 1.28 bits per heavy atom. The molecule has 0 aromatic heterocycles. The summed E-state index contributed by atoms with van der Waals surface area (Å²) in [5.74, 6) is -10.3. The lowest BCUT2D eigenvalue weighted by Crippen LogP contribution is -2.10. The van der Waals surface area contributed by atoms with Crippen molar-refractivity contribution in [3.8, 4) is 0 Å². The zero-order valence-electron chi connectivity index (χ0n) is 10.3. The SMILES string of the molecule is CCC(C=C(C)C)c1c(F)c(F)c(F)c(F)c1F. The monoisotopic (exact) mass is 264 g/mol. The van der Waals surface area contributed by atoms with Crippen molar-refractivity contribution in [3.63, 3.8) is 0 Å². The van der Waals surface area contributed by atoms with Gasteiger partial charge in [-0.25, -0.2) is 22.0 Å². The molecule has 0 N–H and O–H groups in total. The van der Waals surface area contributed by atoms with Crippen LogP contribution in [0.4, 0.5) is 22.0 Å².